The van der Waals surface area contributed by atoms with E-state index in [0.29, 0.717) is 32.0 Å². The smallest absolute Gasteiger partial charge is 0.417 e. The first-order chi connectivity index (χ1) is 16.6. The minimum Gasteiger partial charge on any atom is -0.479 e. The summed E-state index contributed by atoms with van der Waals surface area (Å²) in [6.45, 7) is 1.41. The minimum atomic E-state index is -1.34. The average Bonchev–Trinajstić information content (AvgIpc) is 3.24. The quantitative estimate of drug-likeness (QED) is 0.449. The van der Waals surface area contributed by atoms with Crippen molar-refractivity contribution in [2.45, 2.75) is 24.7 Å². The van der Waals surface area contributed by atoms with Gasteiger partial charge in [-0.2, -0.15) is 0 Å². The van der Waals surface area contributed by atoms with Crippen molar-refractivity contribution >= 4 is 17.8 Å². The monoisotopic (exact) mass is 475 g/mol. The largest absolute Gasteiger partial charge is 0.479 e. The van der Waals surface area contributed by atoms with E-state index >= 15 is 0 Å². The second-order valence-corrected chi connectivity index (χ2v) is 7.49. The average molecular weight is 475 g/mol. The lowest BCUT2D eigenvalue weighted by Gasteiger charge is -2.30. The number of nitrogens with zero attached hydrogens (tertiary/aromatic N) is 1. The zero-order chi connectivity index (χ0) is 24.3. The number of amides is 2. The van der Waals surface area contributed by atoms with Gasteiger partial charge in [-0.15, -0.1) is 0 Å². The Morgan fingerprint density at radius 2 is 1.88 bits per heavy atom. The fraction of sp³-hybridized carbons (Fsp3) is 0.458. The van der Waals surface area contributed by atoms with Gasteiger partial charge >= 0.3 is 6.09 Å². The topological polar surface area (TPSA) is 121 Å². The maximum absolute atomic E-state index is 13.3. The summed E-state index contributed by atoms with van der Waals surface area (Å²) in [7, 11) is 1.28. The predicted octanol–water partition coefficient (Wildman–Crippen LogP) is 1.55. The highest BCUT2D eigenvalue weighted by atomic mass is 16.6. The van der Waals surface area contributed by atoms with E-state index in [1.807, 2.05) is 6.07 Å². The van der Waals surface area contributed by atoms with Crippen LogP contribution in [0.4, 0.5) is 4.79 Å². The first-order valence-corrected chi connectivity index (χ1v) is 11.0. The zero-order valence-electron chi connectivity index (χ0n) is 19.0. The molecule has 184 valence electrons. The Labute approximate surface area is 197 Å². The third-order valence-corrected chi connectivity index (χ3v) is 5.24. The van der Waals surface area contributed by atoms with Crippen molar-refractivity contribution in [3.8, 4) is 0 Å². The Balaban J connectivity index is 1.62. The van der Waals surface area contributed by atoms with Gasteiger partial charge in [0.15, 0.2) is 18.0 Å². The molecule has 1 fully saturated rings. The van der Waals surface area contributed by atoms with Gasteiger partial charge in [-0.05, 0) is 30.2 Å². The van der Waals surface area contributed by atoms with Crippen LogP contribution in [-0.2, 0) is 33.3 Å². The summed E-state index contributed by atoms with van der Waals surface area (Å²) in [5.41, 5.74) is 0.731. The van der Waals surface area contributed by atoms with Gasteiger partial charge in [0.2, 0.25) is 0 Å². The van der Waals surface area contributed by atoms with Crippen LogP contribution in [0.25, 0.3) is 0 Å². The summed E-state index contributed by atoms with van der Waals surface area (Å²) in [5, 5.41) is 8.65. The molecule has 1 N–H and O–H groups in total. The number of allylic oxidation sites excluding steroid dienone is 1. The maximum Gasteiger partial charge on any atom is 0.417 e. The molecular weight excluding hydrogens is 446 g/mol. The minimum absolute atomic E-state index is 0.0145. The molecule has 0 radical (unpaired) electrons. The number of aliphatic hydroxyl groups is 1. The van der Waals surface area contributed by atoms with Gasteiger partial charge in [-0.25, -0.2) is 9.69 Å². The van der Waals surface area contributed by atoms with Crippen LogP contribution in [0.5, 0.6) is 0 Å². The van der Waals surface area contributed by atoms with E-state index in [2.05, 4.69) is 0 Å². The molecule has 34 heavy (non-hydrogen) atoms. The maximum atomic E-state index is 13.3. The summed E-state index contributed by atoms with van der Waals surface area (Å²) in [6, 6.07) is 8.40. The first-order valence-electron chi connectivity index (χ1n) is 11.0. The van der Waals surface area contributed by atoms with Gasteiger partial charge in [-0.1, -0.05) is 30.3 Å². The number of hydrogen-bond donors (Lipinski definition) is 1. The van der Waals surface area contributed by atoms with E-state index in [-0.39, 0.29) is 19.8 Å². The molecule has 0 aromatic heterocycles. The standard InChI is InChI=1S/C24H29NO9/c1-30-22(23(28)25-19(16-33-24(25)29)17-6-3-2-4-7-17)21-20(27)10-9-18(34-21)8-5-12-31-14-15-32-13-11-26/h2-4,6-10,19,21-22,26H,5,11-16H2,1H3/t19-,21+,22+/m0/s1. The van der Waals surface area contributed by atoms with E-state index in [1.54, 1.807) is 30.3 Å². The van der Waals surface area contributed by atoms with Crippen LogP contribution >= 0.6 is 0 Å². The van der Waals surface area contributed by atoms with E-state index < -0.39 is 36.0 Å². The Morgan fingerprint density at radius 3 is 2.59 bits per heavy atom. The number of imide groups is 1. The summed E-state index contributed by atoms with van der Waals surface area (Å²) in [5.74, 6) is -0.764. The molecule has 0 unspecified atom stereocenters. The van der Waals surface area contributed by atoms with E-state index in [1.165, 1.54) is 19.3 Å². The molecule has 1 saturated heterocycles. The molecular formula is C24H29NO9. The molecule has 0 aliphatic carbocycles. The van der Waals surface area contributed by atoms with Gasteiger partial charge < -0.3 is 28.8 Å². The molecule has 3 atom stereocenters. The third kappa shape index (κ3) is 6.51. The normalized spacial score (nSPS) is 22.1. The Morgan fingerprint density at radius 1 is 1.15 bits per heavy atom. The number of cyclic esters (lactones) is 1. The van der Waals surface area contributed by atoms with Crippen molar-refractivity contribution in [3.63, 3.8) is 0 Å². The van der Waals surface area contributed by atoms with Crippen LogP contribution < -0.4 is 0 Å². The molecule has 10 nitrogen and oxygen atoms in total. The summed E-state index contributed by atoms with van der Waals surface area (Å²) < 4.78 is 26.7. The number of ketones is 1. The Bertz CT molecular complexity index is 899. The van der Waals surface area contributed by atoms with Gasteiger partial charge in [0, 0.05) is 7.11 Å². The summed E-state index contributed by atoms with van der Waals surface area (Å²) >= 11 is 0. The molecule has 0 saturated carbocycles. The van der Waals surface area contributed by atoms with Crippen LogP contribution in [0.15, 0.2) is 54.3 Å². The van der Waals surface area contributed by atoms with Crippen molar-refractivity contribution in [2.24, 2.45) is 0 Å². The van der Waals surface area contributed by atoms with E-state index in [9.17, 15) is 14.4 Å². The number of rotatable bonds is 12. The molecule has 1 aromatic carbocycles. The molecule has 0 bridgehead atoms. The number of hydrogen-bond acceptors (Lipinski definition) is 9. The van der Waals surface area contributed by atoms with Gasteiger partial charge in [-0.3, -0.25) is 9.59 Å². The van der Waals surface area contributed by atoms with Crippen molar-refractivity contribution in [3.05, 3.63) is 59.9 Å². The van der Waals surface area contributed by atoms with Crippen LogP contribution in [0, 0.1) is 0 Å². The van der Waals surface area contributed by atoms with Gasteiger partial charge in [0.1, 0.15) is 18.4 Å². The molecule has 2 heterocycles. The zero-order valence-corrected chi connectivity index (χ0v) is 19.0. The lowest BCUT2D eigenvalue weighted by atomic mass is 10.0. The second-order valence-electron chi connectivity index (χ2n) is 7.49. The highest BCUT2D eigenvalue weighted by Crippen LogP contribution is 2.30. The van der Waals surface area contributed by atoms with Crippen LogP contribution in [0.1, 0.15) is 18.0 Å². The van der Waals surface area contributed by atoms with E-state index in [0.717, 1.165) is 10.5 Å². The molecule has 3 rings (SSSR count). The number of aliphatic hydroxyl groups excluding tert-OH is 1. The Kier molecular flexibility index (Phi) is 9.77. The Hall–Kier alpha value is -3.05. The van der Waals surface area contributed by atoms with Crippen LogP contribution in [-0.4, -0.2) is 86.7 Å². The highest BCUT2D eigenvalue weighted by molar-refractivity contribution is 6.03. The molecule has 2 amide bonds. The molecule has 0 spiro atoms. The molecule has 1 aromatic rings. The second kappa shape index (κ2) is 13.0. The van der Waals surface area contributed by atoms with Gasteiger partial charge in [0.05, 0.1) is 33.0 Å². The molecule has 10 heteroatoms. The van der Waals surface area contributed by atoms with Crippen molar-refractivity contribution in [1.82, 2.24) is 4.90 Å². The van der Waals surface area contributed by atoms with Crippen LogP contribution in [0.3, 0.4) is 0 Å². The fourth-order valence-electron chi connectivity index (χ4n) is 3.58. The number of carbonyl (C=O) groups excluding carboxylic acids is 3. The SMILES string of the molecule is CO[C@@H](C(=O)N1C(=O)OC[C@H]1c1ccccc1)[C@@H]1OC(=CCCOCCOCCO)C=CC1=O. The third-order valence-electron chi connectivity index (χ3n) is 5.24. The van der Waals surface area contributed by atoms with Crippen molar-refractivity contribution in [1.29, 1.82) is 0 Å². The van der Waals surface area contributed by atoms with E-state index in [4.69, 9.17) is 28.8 Å². The number of ether oxygens (including phenoxy) is 5. The lowest BCUT2D eigenvalue weighted by Crippen LogP contribution is -2.51. The first kappa shape index (κ1) is 25.6. The number of methoxy groups -OCH3 is 1. The number of carbonyl (C=O) groups is 3. The molecule has 2 aliphatic rings. The van der Waals surface area contributed by atoms with Crippen molar-refractivity contribution in [2.75, 3.05) is 46.8 Å². The number of benzene rings is 1. The predicted molar refractivity (Wildman–Crippen MR) is 119 cm³/mol. The van der Waals surface area contributed by atoms with Crippen LogP contribution in [0.2, 0.25) is 0 Å². The highest BCUT2D eigenvalue weighted by Gasteiger charge is 2.46. The fourth-order valence-corrected chi connectivity index (χ4v) is 3.58. The lowest BCUT2D eigenvalue weighted by molar-refractivity contribution is -0.153. The van der Waals surface area contributed by atoms with Gasteiger partial charge in [0.25, 0.3) is 5.91 Å². The van der Waals surface area contributed by atoms with Crippen molar-refractivity contribution < 1.29 is 43.2 Å². The summed E-state index contributed by atoms with van der Waals surface area (Å²) in [4.78, 5) is 39.2. The summed E-state index contributed by atoms with van der Waals surface area (Å²) in [6.07, 6.45) is 1.69. The molecule has 2 aliphatic heterocycles.